The molecule has 0 aromatic carbocycles. The second-order valence-corrected chi connectivity index (χ2v) is 2.26. The fourth-order valence-electron chi connectivity index (χ4n) is 0.722. The van der Waals surface area contributed by atoms with Gasteiger partial charge < -0.3 is 20.1 Å². The summed E-state index contributed by atoms with van der Waals surface area (Å²) in [7, 11) is -3.21. The zero-order chi connectivity index (χ0) is 9.14. The first-order valence-corrected chi connectivity index (χ1v) is 3.29. The Morgan fingerprint density at radius 1 is 1.00 bits per heavy atom. The minimum Gasteiger partial charge on any atom is -0.423 e. The summed E-state index contributed by atoms with van der Waals surface area (Å²) in [6.45, 7) is 0. The van der Waals surface area contributed by atoms with Gasteiger partial charge in [0.25, 0.3) is 0 Å². The van der Waals surface area contributed by atoms with Crippen LogP contribution in [0.25, 0.3) is 0 Å². The molecule has 1 heterocycles. The SMILES string of the molecule is OB(O)c1ccc(B(O)O)nc1. The maximum atomic E-state index is 8.64. The predicted octanol–water partition coefficient (Wildman–Crippen LogP) is -3.56. The molecule has 0 fully saturated rings. The molecular formula is C5H7B2NO4. The Balaban J connectivity index is 2.86. The monoisotopic (exact) mass is 167 g/mol. The largest absolute Gasteiger partial charge is 0.508 e. The van der Waals surface area contributed by atoms with Crippen LogP contribution in [0.4, 0.5) is 0 Å². The summed E-state index contributed by atoms with van der Waals surface area (Å²) in [5.41, 5.74) is 0.277. The van der Waals surface area contributed by atoms with Crippen molar-refractivity contribution in [2.45, 2.75) is 0 Å². The molecule has 1 rings (SSSR count). The van der Waals surface area contributed by atoms with Crippen molar-refractivity contribution in [1.29, 1.82) is 0 Å². The molecule has 7 heteroatoms. The van der Waals surface area contributed by atoms with Gasteiger partial charge in [0.1, 0.15) is 0 Å². The van der Waals surface area contributed by atoms with Crippen molar-refractivity contribution in [3.05, 3.63) is 18.3 Å². The van der Waals surface area contributed by atoms with Crippen LogP contribution in [-0.4, -0.2) is 39.3 Å². The highest BCUT2D eigenvalue weighted by Crippen LogP contribution is 1.79. The van der Waals surface area contributed by atoms with E-state index in [1.54, 1.807) is 0 Å². The van der Waals surface area contributed by atoms with Crippen molar-refractivity contribution in [2.24, 2.45) is 0 Å². The fraction of sp³-hybridized carbons (Fsp3) is 0. The van der Waals surface area contributed by atoms with Gasteiger partial charge in [0.2, 0.25) is 0 Å². The summed E-state index contributed by atoms with van der Waals surface area (Å²) >= 11 is 0. The Kier molecular flexibility index (Phi) is 2.83. The standard InChI is InChI=1S/C5H7B2NO4/c9-6(10)4-1-2-5(7(11)12)8-3-4/h1-3,9-12H. The molecule has 0 unspecified atom stereocenters. The maximum absolute atomic E-state index is 8.64. The van der Waals surface area contributed by atoms with Crippen LogP contribution in [0, 0.1) is 0 Å². The second-order valence-electron chi connectivity index (χ2n) is 2.26. The third-order valence-corrected chi connectivity index (χ3v) is 1.37. The van der Waals surface area contributed by atoms with Crippen LogP contribution in [0.3, 0.4) is 0 Å². The van der Waals surface area contributed by atoms with Gasteiger partial charge >= 0.3 is 14.2 Å². The van der Waals surface area contributed by atoms with Crippen LogP contribution in [0.1, 0.15) is 0 Å². The predicted molar refractivity (Wildman–Crippen MR) is 43.9 cm³/mol. The van der Waals surface area contributed by atoms with E-state index in [0.717, 1.165) is 0 Å². The van der Waals surface area contributed by atoms with Crippen LogP contribution < -0.4 is 11.1 Å². The van der Waals surface area contributed by atoms with E-state index in [0.29, 0.717) is 0 Å². The molecule has 1 aromatic heterocycles. The number of nitrogens with zero attached hydrogens (tertiary/aromatic N) is 1. The topological polar surface area (TPSA) is 93.8 Å². The van der Waals surface area contributed by atoms with Gasteiger partial charge in [-0.05, 0) is 6.07 Å². The van der Waals surface area contributed by atoms with Crippen molar-refractivity contribution >= 4 is 25.3 Å². The Labute approximate surface area is 69.6 Å². The average Bonchev–Trinajstić information content (AvgIpc) is 2.04. The van der Waals surface area contributed by atoms with Crippen molar-refractivity contribution < 1.29 is 20.1 Å². The van der Waals surface area contributed by atoms with Crippen molar-refractivity contribution in [3.63, 3.8) is 0 Å². The molecule has 0 aliphatic heterocycles. The van der Waals surface area contributed by atoms with Gasteiger partial charge in [0.05, 0.1) is 5.59 Å². The molecule has 0 saturated carbocycles. The Hall–Kier alpha value is -0.880. The molecule has 0 aliphatic rings. The van der Waals surface area contributed by atoms with Crippen LogP contribution >= 0.6 is 0 Å². The van der Waals surface area contributed by atoms with E-state index in [1.165, 1.54) is 18.3 Å². The van der Waals surface area contributed by atoms with Crippen LogP contribution in [0.2, 0.25) is 0 Å². The molecule has 0 saturated heterocycles. The first-order valence-electron chi connectivity index (χ1n) is 3.29. The second kappa shape index (κ2) is 3.68. The highest BCUT2D eigenvalue weighted by atomic mass is 16.4. The molecule has 0 bridgehead atoms. The van der Waals surface area contributed by atoms with Gasteiger partial charge in [-0.25, -0.2) is 0 Å². The molecular weight excluding hydrogens is 160 g/mol. The minimum absolute atomic E-state index is 0.0689. The summed E-state index contributed by atoms with van der Waals surface area (Å²) < 4.78 is 0. The Morgan fingerprint density at radius 2 is 1.67 bits per heavy atom. The molecule has 0 spiro atoms. The summed E-state index contributed by atoms with van der Waals surface area (Å²) in [6.07, 6.45) is 1.17. The van der Waals surface area contributed by atoms with Crippen molar-refractivity contribution in [3.8, 4) is 0 Å². The maximum Gasteiger partial charge on any atom is 0.508 e. The fourth-order valence-corrected chi connectivity index (χ4v) is 0.722. The lowest BCUT2D eigenvalue weighted by atomic mass is 9.79. The third kappa shape index (κ3) is 2.05. The van der Waals surface area contributed by atoms with E-state index in [9.17, 15) is 0 Å². The van der Waals surface area contributed by atoms with E-state index in [1.807, 2.05) is 0 Å². The lowest BCUT2D eigenvalue weighted by molar-refractivity contribution is 0.422. The zero-order valence-corrected chi connectivity index (χ0v) is 6.12. The normalized spacial score (nSPS) is 9.67. The van der Waals surface area contributed by atoms with E-state index >= 15 is 0 Å². The van der Waals surface area contributed by atoms with Crippen molar-refractivity contribution in [1.82, 2.24) is 4.98 Å². The molecule has 4 N–H and O–H groups in total. The van der Waals surface area contributed by atoms with E-state index in [4.69, 9.17) is 20.1 Å². The average molecular weight is 167 g/mol. The summed E-state index contributed by atoms with van der Waals surface area (Å²) in [4.78, 5) is 3.58. The number of pyridine rings is 1. The lowest BCUT2D eigenvalue weighted by Crippen LogP contribution is -2.37. The Morgan fingerprint density at radius 3 is 2.00 bits per heavy atom. The molecule has 0 aliphatic carbocycles. The van der Waals surface area contributed by atoms with Gasteiger partial charge in [-0.2, -0.15) is 0 Å². The van der Waals surface area contributed by atoms with Crippen LogP contribution in [0.5, 0.6) is 0 Å². The summed E-state index contributed by atoms with van der Waals surface area (Å²) in [6, 6.07) is 2.66. The summed E-state index contributed by atoms with van der Waals surface area (Å²) in [5, 5.41) is 34.5. The lowest BCUT2D eigenvalue weighted by Gasteiger charge is -2.00. The smallest absolute Gasteiger partial charge is 0.423 e. The third-order valence-electron chi connectivity index (χ3n) is 1.37. The number of hydrogen-bond acceptors (Lipinski definition) is 5. The van der Waals surface area contributed by atoms with Gasteiger partial charge in [0, 0.05) is 11.7 Å². The zero-order valence-electron chi connectivity index (χ0n) is 6.12. The molecule has 62 valence electrons. The van der Waals surface area contributed by atoms with Gasteiger partial charge in [-0.15, -0.1) is 0 Å². The summed E-state index contributed by atoms with van der Waals surface area (Å²) in [5.74, 6) is 0. The molecule has 1 aromatic rings. The van der Waals surface area contributed by atoms with Gasteiger partial charge in [-0.3, -0.25) is 4.98 Å². The minimum atomic E-state index is -1.63. The first kappa shape index (κ1) is 9.21. The van der Waals surface area contributed by atoms with E-state index < -0.39 is 14.2 Å². The van der Waals surface area contributed by atoms with Gasteiger partial charge in [-0.1, -0.05) is 6.07 Å². The first-order chi connectivity index (χ1) is 5.61. The highest BCUT2D eigenvalue weighted by molar-refractivity contribution is 6.59. The quantitative estimate of drug-likeness (QED) is 0.342. The number of aromatic nitrogens is 1. The highest BCUT2D eigenvalue weighted by Gasteiger charge is 2.15. The molecule has 0 amide bonds. The molecule has 5 nitrogen and oxygen atoms in total. The van der Waals surface area contributed by atoms with Gasteiger partial charge in [0.15, 0.2) is 0 Å². The Bertz CT molecular complexity index is 223. The van der Waals surface area contributed by atoms with Crippen molar-refractivity contribution in [2.75, 3.05) is 0 Å². The van der Waals surface area contributed by atoms with Crippen LogP contribution in [-0.2, 0) is 0 Å². The molecule has 0 radical (unpaired) electrons. The van der Waals surface area contributed by atoms with E-state index in [-0.39, 0.29) is 11.1 Å². The molecule has 12 heavy (non-hydrogen) atoms. The number of hydrogen-bond donors (Lipinski definition) is 4. The van der Waals surface area contributed by atoms with Crippen LogP contribution in [0.15, 0.2) is 18.3 Å². The molecule has 0 atom stereocenters. The number of rotatable bonds is 2. The van der Waals surface area contributed by atoms with E-state index in [2.05, 4.69) is 4.98 Å².